The van der Waals surface area contributed by atoms with Gasteiger partial charge in [0, 0.05) is 6.54 Å². The van der Waals surface area contributed by atoms with Gasteiger partial charge in [0.1, 0.15) is 0 Å². The average Bonchev–Trinajstić information content (AvgIpc) is 2.84. The molecule has 1 unspecified atom stereocenters. The minimum atomic E-state index is -1.01. The second-order valence-corrected chi connectivity index (χ2v) is 8.85. The molecule has 0 bridgehead atoms. The highest BCUT2D eigenvalue weighted by Gasteiger charge is 2.43. The van der Waals surface area contributed by atoms with Gasteiger partial charge in [0.2, 0.25) is 0 Å². The Morgan fingerprint density at radius 2 is 1.44 bits per heavy atom. The molecule has 0 aliphatic rings. The summed E-state index contributed by atoms with van der Waals surface area (Å²) in [6, 6.07) is 11.4. The fourth-order valence-corrected chi connectivity index (χ4v) is 4.45. The van der Waals surface area contributed by atoms with Crippen LogP contribution in [0, 0.1) is 5.92 Å². The first-order valence-electron chi connectivity index (χ1n) is 11.6. The second kappa shape index (κ2) is 12.5. The lowest BCUT2D eigenvalue weighted by atomic mass is 9.68. The third-order valence-corrected chi connectivity index (χ3v) is 6.61. The fraction of sp³-hybridized carbons (Fsp3) is 0.519. The first-order chi connectivity index (χ1) is 16.2. The van der Waals surface area contributed by atoms with E-state index >= 15 is 0 Å². The molecule has 7 heteroatoms. The molecule has 34 heavy (non-hydrogen) atoms. The Hall–Kier alpha value is -2.93. The van der Waals surface area contributed by atoms with Crippen LogP contribution in [-0.2, 0) is 16.6 Å². The standard InChI is InChI=1S/C27H39NO6/c1-19(2)27(26(29)30,21-10-12-23(32-5)25(18-21)34-7)14-8-15-28(3)16-13-20-9-11-22(31-4)24(17-20)33-6/h9-12,17-19H,8,13-16H2,1-7H3,(H,29,30). The van der Waals surface area contributed by atoms with E-state index in [4.69, 9.17) is 18.9 Å². The van der Waals surface area contributed by atoms with E-state index in [1.165, 1.54) is 0 Å². The van der Waals surface area contributed by atoms with Crippen LogP contribution < -0.4 is 18.9 Å². The molecule has 0 fully saturated rings. The van der Waals surface area contributed by atoms with Crippen LogP contribution in [0.1, 0.15) is 37.8 Å². The number of ether oxygens (including phenoxy) is 4. The molecule has 188 valence electrons. The number of nitrogens with zero attached hydrogens (tertiary/aromatic N) is 1. The summed E-state index contributed by atoms with van der Waals surface area (Å²) in [7, 11) is 8.46. The second-order valence-electron chi connectivity index (χ2n) is 8.85. The molecule has 7 nitrogen and oxygen atoms in total. The number of carboxylic acids is 1. The molecule has 2 rings (SSSR count). The molecule has 2 aromatic rings. The number of benzene rings is 2. The Kier molecular flexibility index (Phi) is 10.1. The molecule has 0 amide bonds. The molecule has 0 heterocycles. The topological polar surface area (TPSA) is 77.5 Å². The van der Waals surface area contributed by atoms with Crippen molar-refractivity contribution in [2.75, 3.05) is 48.6 Å². The Balaban J connectivity index is 2.08. The van der Waals surface area contributed by atoms with Gasteiger partial charge in [-0.2, -0.15) is 0 Å². The quantitative estimate of drug-likeness (QED) is 0.428. The van der Waals surface area contributed by atoms with Gasteiger partial charge in [-0.15, -0.1) is 0 Å². The van der Waals surface area contributed by atoms with Crippen LogP contribution in [0.3, 0.4) is 0 Å². The van der Waals surface area contributed by atoms with Crippen molar-refractivity contribution in [3.63, 3.8) is 0 Å². The Bertz CT molecular complexity index is 945. The van der Waals surface area contributed by atoms with E-state index in [9.17, 15) is 9.90 Å². The number of hydrogen-bond acceptors (Lipinski definition) is 6. The highest BCUT2D eigenvalue weighted by molar-refractivity contribution is 5.82. The van der Waals surface area contributed by atoms with Crippen LogP contribution in [0.5, 0.6) is 23.0 Å². The highest BCUT2D eigenvalue weighted by atomic mass is 16.5. The van der Waals surface area contributed by atoms with Crippen molar-refractivity contribution in [3.05, 3.63) is 47.5 Å². The third kappa shape index (κ3) is 6.14. The number of hydrogen-bond donors (Lipinski definition) is 1. The number of likely N-dealkylation sites (N-methyl/N-ethyl adjacent to an activating group) is 1. The molecule has 0 aromatic heterocycles. The van der Waals surface area contributed by atoms with Gasteiger partial charge in [-0.25, -0.2) is 0 Å². The minimum Gasteiger partial charge on any atom is -0.493 e. The first kappa shape index (κ1) is 27.3. The summed E-state index contributed by atoms with van der Waals surface area (Å²) in [6.45, 7) is 5.58. The van der Waals surface area contributed by atoms with Crippen LogP contribution in [0.2, 0.25) is 0 Å². The summed E-state index contributed by atoms with van der Waals surface area (Å²) in [4.78, 5) is 14.8. The number of aliphatic carboxylic acids is 1. The first-order valence-corrected chi connectivity index (χ1v) is 11.6. The van der Waals surface area contributed by atoms with Gasteiger partial charge in [0.15, 0.2) is 23.0 Å². The zero-order chi connectivity index (χ0) is 25.3. The minimum absolute atomic E-state index is 0.0971. The average molecular weight is 474 g/mol. The monoisotopic (exact) mass is 473 g/mol. The number of carboxylic acid groups (broad SMARTS) is 1. The molecule has 0 saturated carbocycles. The summed E-state index contributed by atoms with van der Waals surface area (Å²) in [6.07, 6.45) is 2.14. The molecule has 0 aliphatic carbocycles. The Morgan fingerprint density at radius 3 is 1.97 bits per heavy atom. The maximum absolute atomic E-state index is 12.6. The Morgan fingerprint density at radius 1 is 0.882 bits per heavy atom. The molecule has 0 spiro atoms. The van der Waals surface area contributed by atoms with Crippen LogP contribution in [0.4, 0.5) is 0 Å². The summed E-state index contributed by atoms with van der Waals surface area (Å²) >= 11 is 0. The molecule has 0 saturated heterocycles. The van der Waals surface area contributed by atoms with Crippen molar-refractivity contribution in [2.45, 2.75) is 38.5 Å². The van der Waals surface area contributed by atoms with Gasteiger partial charge < -0.3 is 29.0 Å². The number of carbonyl (C=O) groups is 1. The van der Waals surface area contributed by atoms with Gasteiger partial charge in [0.25, 0.3) is 0 Å². The van der Waals surface area contributed by atoms with Crippen molar-refractivity contribution in [1.29, 1.82) is 0 Å². The summed E-state index contributed by atoms with van der Waals surface area (Å²) in [5.41, 5.74) is 0.890. The third-order valence-electron chi connectivity index (χ3n) is 6.61. The zero-order valence-corrected chi connectivity index (χ0v) is 21.5. The van der Waals surface area contributed by atoms with Gasteiger partial charge in [-0.1, -0.05) is 26.0 Å². The van der Waals surface area contributed by atoms with Gasteiger partial charge >= 0.3 is 5.97 Å². The van der Waals surface area contributed by atoms with Crippen molar-refractivity contribution in [2.24, 2.45) is 5.92 Å². The normalized spacial score (nSPS) is 13.0. The van der Waals surface area contributed by atoms with Crippen molar-refractivity contribution in [1.82, 2.24) is 4.90 Å². The summed E-state index contributed by atoms with van der Waals surface area (Å²) in [5.74, 6) is 1.65. The van der Waals surface area contributed by atoms with Crippen LogP contribution in [-0.4, -0.2) is 64.6 Å². The predicted molar refractivity (Wildman–Crippen MR) is 134 cm³/mol. The van der Waals surface area contributed by atoms with E-state index in [2.05, 4.69) is 11.9 Å². The van der Waals surface area contributed by atoms with E-state index in [1.807, 2.05) is 38.1 Å². The molecule has 0 radical (unpaired) electrons. The van der Waals surface area contributed by atoms with Crippen molar-refractivity contribution < 1.29 is 28.8 Å². The van der Waals surface area contributed by atoms with Crippen LogP contribution in [0.15, 0.2) is 36.4 Å². The number of rotatable bonds is 14. The lowest BCUT2D eigenvalue weighted by Gasteiger charge is -2.35. The van der Waals surface area contributed by atoms with E-state index in [1.54, 1.807) is 40.6 Å². The van der Waals surface area contributed by atoms with E-state index in [0.29, 0.717) is 23.7 Å². The predicted octanol–water partition coefficient (Wildman–Crippen LogP) is 4.65. The summed E-state index contributed by atoms with van der Waals surface area (Å²) < 4.78 is 21.5. The van der Waals surface area contributed by atoms with Gasteiger partial charge in [0.05, 0.1) is 33.9 Å². The molecule has 0 aliphatic heterocycles. The Labute approximate surface area is 203 Å². The largest absolute Gasteiger partial charge is 0.493 e. The molecular weight excluding hydrogens is 434 g/mol. The highest BCUT2D eigenvalue weighted by Crippen LogP contribution is 2.41. The van der Waals surface area contributed by atoms with Gasteiger partial charge in [-0.05, 0) is 74.2 Å². The molecule has 1 N–H and O–H groups in total. The smallest absolute Gasteiger partial charge is 0.314 e. The molecule has 1 atom stereocenters. The van der Waals surface area contributed by atoms with Gasteiger partial charge in [-0.3, -0.25) is 4.79 Å². The van der Waals surface area contributed by atoms with E-state index in [0.717, 1.165) is 42.8 Å². The van der Waals surface area contributed by atoms with Crippen LogP contribution in [0.25, 0.3) is 0 Å². The van der Waals surface area contributed by atoms with Crippen molar-refractivity contribution in [3.8, 4) is 23.0 Å². The van der Waals surface area contributed by atoms with Crippen molar-refractivity contribution >= 4 is 5.97 Å². The fourth-order valence-electron chi connectivity index (χ4n) is 4.45. The van der Waals surface area contributed by atoms with E-state index < -0.39 is 11.4 Å². The lowest BCUT2D eigenvalue weighted by Crippen LogP contribution is -2.41. The molecular formula is C27H39NO6. The maximum Gasteiger partial charge on any atom is 0.314 e. The number of methoxy groups -OCH3 is 4. The lowest BCUT2D eigenvalue weighted by molar-refractivity contribution is -0.146. The maximum atomic E-state index is 12.6. The van der Waals surface area contributed by atoms with E-state index in [-0.39, 0.29) is 5.92 Å². The SMILES string of the molecule is COc1ccc(CCN(C)CCCC(C(=O)O)(c2ccc(OC)c(OC)c2)C(C)C)cc1OC. The van der Waals surface area contributed by atoms with Crippen LogP contribution >= 0.6 is 0 Å². The molecule has 2 aromatic carbocycles. The zero-order valence-electron chi connectivity index (χ0n) is 21.5. The summed E-state index contributed by atoms with van der Waals surface area (Å²) in [5, 5.41) is 10.3.